The number of allylic oxidation sites excluding steroid dienone is 7. The van der Waals surface area contributed by atoms with E-state index in [1.165, 1.54) is 11.1 Å². The Hall–Kier alpha value is -2.10. The molecule has 0 heterocycles. The molecular formula is C18H26O4. The summed E-state index contributed by atoms with van der Waals surface area (Å²) in [7, 11) is 0. The lowest BCUT2D eigenvalue weighted by Crippen LogP contribution is -2.10. The predicted octanol–water partition coefficient (Wildman–Crippen LogP) is 4.50. The van der Waals surface area contributed by atoms with Crippen molar-refractivity contribution in [2.24, 2.45) is 0 Å². The number of aliphatic carboxylic acids is 2. The Balaban J connectivity index is 4.43. The van der Waals surface area contributed by atoms with Crippen molar-refractivity contribution in [1.82, 2.24) is 0 Å². The summed E-state index contributed by atoms with van der Waals surface area (Å²) >= 11 is 0. The zero-order valence-electron chi connectivity index (χ0n) is 13.8. The van der Waals surface area contributed by atoms with Crippen LogP contribution in [0.1, 0.15) is 53.4 Å². The van der Waals surface area contributed by atoms with Gasteiger partial charge in [-0.3, -0.25) is 0 Å². The summed E-state index contributed by atoms with van der Waals surface area (Å²) in [5.74, 6) is -2.85. The number of carboxylic acids is 2. The third kappa shape index (κ3) is 9.75. The molecule has 4 nitrogen and oxygen atoms in total. The van der Waals surface area contributed by atoms with Crippen LogP contribution in [0.2, 0.25) is 0 Å². The van der Waals surface area contributed by atoms with E-state index in [9.17, 15) is 9.59 Å². The van der Waals surface area contributed by atoms with Crippen LogP contribution >= 0.6 is 0 Å². The molecule has 0 aliphatic carbocycles. The van der Waals surface area contributed by atoms with E-state index in [2.05, 4.69) is 32.9 Å². The Bertz CT molecular complexity index is 499. The van der Waals surface area contributed by atoms with Crippen molar-refractivity contribution >= 4 is 11.9 Å². The fourth-order valence-electron chi connectivity index (χ4n) is 1.78. The third-order valence-corrected chi connectivity index (χ3v) is 3.12. The van der Waals surface area contributed by atoms with Crippen LogP contribution in [0.15, 0.2) is 46.6 Å². The Labute approximate surface area is 132 Å². The molecule has 0 aliphatic rings. The normalized spacial score (nSPS) is 11.8. The van der Waals surface area contributed by atoms with Crippen LogP contribution in [0.3, 0.4) is 0 Å². The summed E-state index contributed by atoms with van der Waals surface area (Å²) in [4.78, 5) is 21.4. The highest BCUT2D eigenvalue weighted by Gasteiger charge is 2.14. The molecule has 0 aliphatic heterocycles. The molecule has 0 rings (SSSR count). The van der Waals surface area contributed by atoms with E-state index in [4.69, 9.17) is 10.2 Å². The molecule has 122 valence electrons. The zero-order chi connectivity index (χ0) is 17.1. The molecule has 0 unspecified atom stereocenters. The summed E-state index contributed by atoms with van der Waals surface area (Å²) < 4.78 is 0. The molecule has 0 saturated heterocycles. The molecule has 0 fully saturated rings. The van der Waals surface area contributed by atoms with Gasteiger partial charge in [-0.15, -0.1) is 0 Å². The number of carbonyl (C=O) groups is 2. The van der Waals surface area contributed by atoms with Gasteiger partial charge in [-0.2, -0.15) is 0 Å². The third-order valence-electron chi connectivity index (χ3n) is 3.12. The van der Waals surface area contributed by atoms with Crippen LogP contribution in [-0.4, -0.2) is 22.2 Å². The van der Waals surface area contributed by atoms with Gasteiger partial charge >= 0.3 is 11.9 Å². The average Bonchev–Trinajstić information content (AvgIpc) is 2.37. The quantitative estimate of drug-likeness (QED) is 0.216. The molecular weight excluding hydrogens is 280 g/mol. The van der Waals surface area contributed by atoms with Gasteiger partial charge in [0.05, 0.1) is 0 Å². The minimum absolute atomic E-state index is 0.618. The van der Waals surface area contributed by atoms with Crippen molar-refractivity contribution in [2.75, 3.05) is 0 Å². The maximum absolute atomic E-state index is 10.7. The van der Waals surface area contributed by atoms with E-state index in [0.29, 0.717) is 0 Å². The highest BCUT2D eigenvalue weighted by molar-refractivity contribution is 6.12. The van der Waals surface area contributed by atoms with Crippen molar-refractivity contribution < 1.29 is 19.8 Å². The first-order chi connectivity index (χ1) is 10.2. The fraction of sp³-hybridized carbons (Fsp3) is 0.444. The van der Waals surface area contributed by atoms with Crippen LogP contribution in [0.25, 0.3) is 0 Å². The van der Waals surface area contributed by atoms with Gasteiger partial charge < -0.3 is 10.2 Å². The van der Waals surface area contributed by atoms with Gasteiger partial charge in [0.2, 0.25) is 0 Å². The lowest BCUT2D eigenvalue weighted by atomic mass is 10.1. The fourth-order valence-corrected chi connectivity index (χ4v) is 1.78. The monoisotopic (exact) mass is 306 g/mol. The van der Waals surface area contributed by atoms with Gasteiger partial charge in [-0.05, 0) is 59.5 Å². The number of hydrogen-bond donors (Lipinski definition) is 2. The van der Waals surface area contributed by atoms with Gasteiger partial charge in [0.25, 0.3) is 0 Å². The summed E-state index contributed by atoms with van der Waals surface area (Å²) in [6.45, 7) is 8.14. The first kappa shape index (κ1) is 19.9. The molecule has 0 aromatic rings. The number of carboxylic acid groups (broad SMARTS) is 2. The Morgan fingerprint density at radius 1 is 0.773 bits per heavy atom. The smallest absolute Gasteiger partial charge is 0.343 e. The molecule has 0 spiro atoms. The largest absolute Gasteiger partial charge is 0.477 e. The van der Waals surface area contributed by atoms with Crippen molar-refractivity contribution in [3.8, 4) is 0 Å². The van der Waals surface area contributed by atoms with E-state index < -0.39 is 17.5 Å². The number of rotatable bonds is 9. The summed E-state index contributed by atoms with van der Waals surface area (Å²) in [6, 6.07) is 0. The molecule has 4 heteroatoms. The van der Waals surface area contributed by atoms with Crippen molar-refractivity contribution in [2.45, 2.75) is 53.4 Å². The minimum atomic E-state index is -1.42. The minimum Gasteiger partial charge on any atom is -0.477 e. The topological polar surface area (TPSA) is 74.6 Å². The lowest BCUT2D eigenvalue weighted by Gasteiger charge is -2.01. The highest BCUT2D eigenvalue weighted by atomic mass is 16.4. The molecule has 0 radical (unpaired) electrons. The summed E-state index contributed by atoms with van der Waals surface area (Å²) in [6.07, 6.45) is 10.8. The average molecular weight is 306 g/mol. The number of hydrogen-bond acceptors (Lipinski definition) is 2. The standard InChI is InChI=1S/C18H26O4/c1-13(2)7-5-8-14(3)9-6-10-15(4)11-12-16(17(19)20)18(21)22/h7,9,11-12H,5-6,8,10H2,1-4H3,(H,19,20)(H,21,22). The van der Waals surface area contributed by atoms with Gasteiger partial charge in [0, 0.05) is 0 Å². The Kier molecular flexibility index (Phi) is 9.59. The molecule has 0 amide bonds. The van der Waals surface area contributed by atoms with Crippen LogP contribution in [0, 0.1) is 0 Å². The lowest BCUT2D eigenvalue weighted by molar-refractivity contribution is -0.140. The van der Waals surface area contributed by atoms with E-state index in [0.717, 1.165) is 37.3 Å². The van der Waals surface area contributed by atoms with Gasteiger partial charge in [-0.1, -0.05) is 34.9 Å². The van der Waals surface area contributed by atoms with Crippen molar-refractivity contribution in [3.05, 3.63) is 46.6 Å². The van der Waals surface area contributed by atoms with Gasteiger partial charge in [0.1, 0.15) is 5.57 Å². The predicted molar refractivity (Wildman–Crippen MR) is 88.8 cm³/mol. The SMILES string of the molecule is CC(C)=CCCC(C)=CCCC(C)=CC=C(C(=O)O)C(=O)O. The second-order valence-corrected chi connectivity index (χ2v) is 5.61. The van der Waals surface area contributed by atoms with Crippen molar-refractivity contribution in [3.63, 3.8) is 0 Å². The molecule has 0 saturated carbocycles. The Morgan fingerprint density at radius 3 is 1.77 bits per heavy atom. The highest BCUT2D eigenvalue weighted by Crippen LogP contribution is 2.11. The van der Waals surface area contributed by atoms with E-state index in [1.54, 1.807) is 6.08 Å². The first-order valence-corrected chi connectivity index (χ1v) is 7.37. The van der Waals surface area contributed by atoms with Crippen LogP contribution in [0.5, 0.6) is 0 Å². The molecule has 0 atom stereocenters. The van der Waals surface area contributed by atoms with Gasteiger partial charge in [-0.25, -0.2) is 9.59 Å². The first-order valence-electron chi connectivity index (χ1n) is 7.37. The molecule has 0 aromatic carbocycles. The van der Waals surface area contributed by atoms with Crippen LogP contribution in [-0.2, 0) is 9.59 Å². The second kappa shape index (κ2) is 10.6. The van der Waals surface area contributed by atoms with E-state index in [-0.39, 0.29) is 0 Å². The molecule has 2 N–H and O–H groups in total. The second-order valence-electron chi connectivity index (χ2n) is 5.61. The molecule has 0 aromatic heterocycles. The van der Waals surface area contributed by atoms with Crippen molar-refractivity contribution in [1.29, 1.82) is 0 Å². The van der Waals surface area contributed by atoms with Crippen LogP contribution < -0.4 is 0 Å². The zero-order valence-corrected chi connectivity index (χ0v) is 13.8. The summed E-state index contributed by atoms with van der Waals surface area (Å²) in [5.41, 5.74) is 2.99. The Morgan fingerprint density at radius 2 is 1.27 bits per heavy atom. The maximum atomic E-state index is 10.7. The van der Waals surface area contributed by atoms with E-state index in [1.807, 2.05) is 6.92 Å². The molecule has 22 heavy (non-hydrogen) atoms. The van der Waals surface area contributed by atoms with Gasteiger partial charge in [0.15, 0.2) is 0 Å². The molecule has 0 bridgehead atoms. The maximum Gasteiger partial charge on any atom is 0.343 e. The van der Waals surface area contributed by atoms with E-state index >= 15 is 0 Å². The van der Waals surface area contributed by atoms with Crippen LogP contribution in [0.4, 0.5) is 0 Å². The summed E-state index contributed by atoms with van der Waals surface area (Å²) in [5, 5.41) is 17.5.